The third kappa shape index (κ3) is 3.47. The fourth-order valence-electron chi connectivity index (χ4n) is 1.47. The lowest BCUT2D eigenvalue weighted by Gasteiger charge is -2.03. The second-order valence-electron chi connectivity index (χ2n) is 3.90. The molecule has 1 heterocycles. The average molecular weight is 268 g/mol. The molecule has 2 aromatic rings. The van der Waals surface area contributed by atoms with Gasteiger partial charge in [0.15, 0.2) is 0 Å². The molecule has 0 aliphatic carbocycles. The normalized spacial score (nSPS) is 10.7. The minimum Gasteiger partial charge on any atom is -0.406 e. The first-order valence-electron chi connectivity index (χ1n) is 5.95. The van der Waals surface area contributed by atoms with Crippen molar-refractivity contribution >= 4 is 11.7 Å². The fourth-order valence-corrected chi connectivity index (χ4v) is 1.47. The summed E-state index contributed by atoms with van der Waals surface area (Å²) in [5.74, 6) is -1.08. The summed E-state index contributed by atoms with van der Waals surface area (Å²) in [6.45, 7) is 3.28. The van der Waals surface area contributed by atoms with Gasteiger partial charge < -0.3 is 15.1 Å². The maximum absolute atomic E-state index is 13.4. The highest BCUT2D eigenvalue weighted by atomic mass is 19.1. The third-order valence-corrected chi connectivity index (χ3v) is 2.36. The van der Waals surface area contributed by atoms with Crippen LogP contribution in [0.1, 0.15) is 19.2 Å². The zero-order valence-corrected chi connectivity index (χ0v) is 10.4. The van der Waals surface area contributed by atoms with E-state index in [1.54, 1.807) is 0 Å². The molecule has 1 aromatic carbocycles. The monoisotopic (exact) mass is 268 g/mol. The Morgan fingerprint density at radius 1 is 1.21 bits per heavy atom. The lowest BCUT2D eigenvalue weighted by Crippen LogP contribution is -2.13. The first kappa shape index (κ1) is 13.4. The number of aromatic nitrogens is 2. The van der Waals surface area contributed by atoms with Crippen LogP contribution >= 0.6 is 0 Å². The zero-order chi connectivity index (χ0) is 13.7. The Hall–Kier alpha value is -2.02. The van der Waals surface area contributed by atoms with E-state index >= 15 is 0 Å². The summed E-state index contributed by atoms with van der Waals surface area (Å²) < 4.78 is 32.0. The van der Waals surface area contributed by atoms with Crippen LogP contribution < -0.4 is 10.6 Å². The van der Waals surface area contributed by atoms with Gasteiger partial charge in [-0.1, -0.05) is 18.1 Å². The smallest absolute Gasteiger partial charge is 0.320 e. The van der Waals surface area contributed by atoms with Gasteiger partial charge in [-0.25, -0.2) is 8.78 Å². The summed E-state index contributed by atoms with van der Waals surface area (Å²) in [5, 5.41) is 12.9. The van der Waals surface area contributed by atoms with Gasteiger partial charge in [0.2, 0.25) is 5.89 Å². The van der Waals surface area contributed by atoms with Crippen LogP contribution in [0.3, 0.4) is 0 Å². The predicted molar refractivity (Wildman–Crippen MR) is 65.9 cm³/mol. The highest BCUT2D eigenvalue weighted by Gasteiger charge is 2.12. The van der Waals surface area contributed by atoms with Gasteiger partial charge in [0.25, 0.3) is 0 Å². The van der Waals surface area contributed by atoms with E-state index < -0.39 is 11.6 Å². The Balaban J connectivity index is 2.03. The molecule has 0 aliphatic heterocycles. The molecule has 2 rings (SSSR count). The standard InChI is InChI=1S/C12H14F2N4O/c1-2-6-15-7-10-17-18-12(19-10)16-11-8(13)4-3-5-9(11)14/h3-5,15H,2,6-7H2,1H3,(H,16,18). The molecule has 0 spiro atoms. The minimum absolute atomic E-state index is 0.0442. The quantitative estimate of drug-likeness (QED) is 0.788. The minimum atomic E-state index is -0.719. The maximum Gasteiger partial charge on any atom is 0.320 e. The van der Waals surface area contributed by atoms with E-state index in [0.717, 1.165) is 25.1 Å². The average Bonchev–Trinajstić information content (AvgIpc) is 2.82. The van der Waals surface area contributed by atoms with Crippen LogP contribution in [0.25, 0.3) is 0 Å². The zero-order valence-electron chi connectivity index (χ0n) is 10.4. The lowest BCUT2D eigenvalue weighted by molar-refractivity contribution is 0.478. The molecule has 102 valence electrons. The largest absolute Gasteiger partial charge is 0.406 e. The molecule has 0 amide bonds. The molecule has 2 N–H and O–H groups in total. The summed E-state index contributed by atoms with van der Waals surface area (Å²) in [4.78, 5) is 0. The van der Waals surface area contributed by atoms with Crippen molar-refractivity contribution in [1.29, 1.82) is 0 Å². The molecule has 0 saturated carbocycles. The number of hydrogen-bond acceptors (Lipinski definition) is 5. The van der Waals surface area contributed by atoms with Gasteiger partial charge >= 0.3 is 6.01 Å². The van der Waals surface area contributed by atoms with Crippen LogP contribution in [0, 0.1) is 11.6 Å². The van der Waals surface area contributed by atoms with Crippen LogP contribution in [-0.4, -0.2) is 16.7 Å². The molecule has 19 heavy (non-hydrogen) atoms. The lowest BCUT2D eigenvalue weighted by atomic mass is 10.3. The molecule has 0 aliphatic rings. The molecule has 0 atom stereocenters. The Kier molecular flexibility index (Phi) is 4.40. The molecular weight excluding hydrogens is 254 g/mol. The molecule has 1 aromatic heterocycles. The predicted octanol–water partition coefficient (Wildman–Crippen LogP) is 2.59. The number of anilines is 2. The molecule has 0 bridgehead atoms. The highest BCUT2D eigenvalue weighted by molar-refractivity contribution is 5.53. The first-order chi connectivity index (χ1) is 9.20. The van der Waals surface area contributed by atoms with Crippen molar-refractivity contribution in [2.45, 2.75) is 19.9 Å². The molecule has 0 saturated heterocycles. The van der Waals surface area contributed by atoms with Crippen molar-refractivity contribution < 1.29 is 13.2 Å². The van der Waals surface area contributed by atoms with Crippen molar-refractivity contribution in [2.24, 2.45) is 0 Å². The topological polar surface area (TPSA) is 63.0 Å². The summed E-state index contributed by atoms with van der Waals surface area (Å²) >= 11 is 0. The van der Waals surface area contributed by atoms with E-state index in [9.17, 15) is 8.78 Å². The van der Waals surface area contributed by atoms with E-state index in [1.165, 1.54) is 6.07 Å². The number of benzene rings is 1. The first-order valence-corrected chi connectivity index (χ1v) is 5.95. The number of hydrogen-bond donors (Lipinski definition) is 2. The van der Waals surface area contributed by atoms with Crippen LogP contribution in [0.15, 0.2) is 22.6 Å². The van der Waals surface area contributed by atoms with Gasteiger partial charge in [-0.05, 0) is 25.1 Å². The van der Waals surface area contributed by atoms with Gasteiger partial charge in [-0.3, -0.25) is 0 Å². The Labute approximate surface area is 109 Å². The molecule has 0 fully saturated rings. The Morgan fingerprint density at radius 2 is 1.95 bits per heavy atom. The maximum atomic E-state index is 13.4. The summed E-state index contributed by atoms with van der Waals surface area (Å²) in [5.41, 5.74) is -0.306. The van der Waals surface area contributed by atoms with Crippen molar-refractivity contribution in [3.8, 4) is 0 Å². The number of nitrogens with zero attached hydrogens (tertiary/aromatic N) is 2. The third-order valence-electron chi connectivity index (χ3n) is 2.36. The summed E-state index contributed by atoms with van der Waals surface area (Å²) in [7, 11) is 0. The number of para-hydroxylation sites is 1. The van der Waals surface area contributed by atoms with Crippen LogP contribution in [0.2, 0.25) is 0 Å². The van der Waals surface area contributed by atoms with Gasteiger partial charge in [0.1, 0.15) is 17.3 Å². The summed E-state index contributed by atoms with van der Waals surface area (Å²) in [6.07, 6.45) is 0.986. The van der Waals surface area contributed by atoms with Gasteiger partial charge in [-0.2, -0.15) is 0 Å². The Morgan fingerprint density at radius 3 is 2.63 bits per heavy atom. The molecule has 7 heteroatoms. The second kappa shape index (κ2) is 6.24. The Bertz CT molecular complexity index is 524. The fraction of sp³-hybridized carbons (Fsp3) is 0.333. The highest BCUT2D eigenvalue weighted by Crippen LogP contribution is 2.22. The van der Waals surface area contributed by atoms with Crippen molar-refractivity contribution in [3.63, 3.8) is 0 Å². The molecule has 0 unspecified atom stereocenters. The van der Waals surface area contributed by atoms with E-state index in [0.29, 0.717) is 12.4 Å². The van der Waals surface area contributed by atoms with Crippen molar-refractivity contribution in [2.75, 3.05) is 11.9 Å². The van der Waals surface area contributed by atoms with Crippen molar-refractivity contribution in [3.05, 3.63) is 35.7 Å². The van der Waals surface area contributed by atoms with Gasteiger partial charge in [-0.15, -0.1) is 5.10 Å². The summed E-state index contributed by atoms with van der Waals surface area (Å²) in [6, 6.07) is 3.53. The van der Waals surface area contributed by atoms with Crippen LogP contribution in [0.5, 0.6) is 0 Å². The molecular formula is C12H14F2N4O. The number of rotatable bonds is 6. The van der Waals surface area contributed by atoms with E-state index in [2.05, 4.69) is 20.8 Å². The van der Waals surface area contributed by atoms with E-state index in [-0.39, 0.29) is 11.7 Å². The van der Waals surface area contributed by atoms with Crippen LogP contribution in [-0.2, 0) is 6.54 Å². The second-order valence-corrected chi connectivity index (χ2v) is 3.90. The van der Waals surface area contributed by atoms with E-state index in [4.69, 9.17) is 4.42 Å². The van der Waals surface area contributed by atoms with Crippen molar-refractivity contribution in [1.82, 2.24) is 15.5 Å². The molecule has 0 radical (unpaired) electrons. The van der Waals surface area contributed by atoms with Crippen LogP contribution in [0.4, 0.5) is 20.5 Å². The van der Waals surface area contributed by atoms with Gasteiger partial charge in [0.05, 0.1) is 6.54 Å². The SMILES string of the molecule is CCCNCc1nnc(Nc2c(F)cccc2F)o1. The number of halogens is 2. The van der Waals surface area contributed by atoms with E-state index in [1.807, 2.05) is 6.92 Å². The van der Waals surface area contributed by atoms with Gasteiger partial charge in [0, 0.05) is 0 Å². The molecule has 5 nitrogen and oxygen atoms in total. The number of nitrogens with one attached hydrogen (secondary N) is 2.